The maximum absolute atomic E-state index is 13.3. The molecule has 2 N–H and O–H groups in total. The summed E-state index contributed by atoms with van der Waals surface area (Å²) in [5.41, 5.74) is 2.10. The van der Waals surface area contributed by atoms with E-state index in [0.29, 0.717) is 42.8 Å². The number of amides is 3. The smallest absolute Gasteiger partial charge is 0.257 e. The van der Waals surface area contributed by atoms with Crippen LogP contribution in [-0.4, -0.2) is 66.1 Å². The Bertz CT molecular complexity index is 1060. The van der Waals surface area contributed by atoms with Crippen LogP contribution in [0.2, 0.25) is 0 Å². The highest BCUT2D eigenvalue weighted by Crippen LogP contribution is 2.32. The highest BCUT2D eigenvalue weighted by Gasteiger charge is 2.39. The first-order chi connectivity index (χ1) is 16.9. The minimum absolute atomic E-state index is 0.0503. The third-order valence-electron chi connectivity index (χ3n) is 6.51. The summed E-state index contributed by atoms with van der Waals surface area (Å²) < 4.78 is 12.2. The molecule has 2 aromatic rings. The average Bonchev–Trinajstić information content (AvgIpc) is 2.87. The van der Waals surface area contributed by atoms with E-state index in [1.165, 1.54) is 0 Å². The van der Waals surface area contributed by atoms with E-state index < -0.39 is 0 Å². The molecule has 1 aromatic heterocycles. The predicted octanol–water partition coefficient (Wildman–Crippen LogP) is 2.56. The number of likely N-dealkylation sites (N-methyl/N-ethyl adjacent to an activating group) is 1. The Morgan fingerprint density at radius 3 is 2.71 bits per heavy atom. The summed E-state index contributed by atoms with van der Waals surface area (Å²) in [6.07, 6.45) is 5.68. The molecule has 0 radical (unpaired) electrons. The van der Waals surface area contributed by atoms with E-state index >= 15 is 0 Å². The molecule has 3 atom stereocenters. The molecule has 9 heteroatoms. The van der Waals surface area contributed by atoms with Gasteiger partial charge in [-0.1, -0.05) is 6.92 Å². The topological polar surface area (TPSA) is 110 Å². The number of benzene rings is 1. The molecule has 1 fully saturated rings. The average molecular weight is 481 g/mol. The molecule has 186 valence electrons. The molecule has 0 aliphatic carbocycles. The maximum atomic E-state index is 13.3. The fourth-order valence-corrected chi connectivity index (χ4v) is 4.53. The fraction of sp³-hybridized carbons (Fsp3) is 0.462. The summed E-state index contributed by atoms with van der Waals surface area (Å²) in [5.74, 6) is 0.101. The van der Waals surface area contributed by atoms with Crippen LogP contribution in [0, 0.1) is 0 Å². The van der Waals surface area contributed by atoms with Crippen molar-refractivity contribution in [2.45, 2.75) is 57.3 Å². The second kappa shape index (κ2) is 11.3. The Morgan fingerprint density at radius 1 is 1.14 bits per heavy atom. The van der Waals surface area contributed by atoms with Crippen molar-refractivity contribution in [3.8, 4) is 5.75 Å². The number of nitrogens with one attached hydrogen (secondary N) is 2. The lowest BCUT2D eigenvalue weighted by Gasteiger charge is -2.42. The molecule has 2 aliphatic rings. The normalized spacial score (nSPS) is 21.6. The minimum Gasteiger partial charge on any atom is -0.490 e. The predicted molar refractivity (Wildman–Crippen MR) is 130 cm³/mol. The molecule has 3 amide bonds. The van der Waals surface area contributed by atoms with Crippen molar-refractivity contribution in [3.05, 3.63) is 53.9 Å². The number of carbonyl (C=O) groups excluding carboxylic acids is 3. The molecule has 2 aliphatic heterocycles. The van der Waals surface area contributed by atoms with Gasteiger partial charge in [0.1, 0.15) is 18.5 Å². The Balaban J connectivity index is 1.35. The number of aromatic nitrogens is 1. The molecular formula is C26H32N4O5. The zero-order valence-electron chi connectivity index (χ0n) is 20.2. The number of hydrogen-bond acceptors (Lipinski definition) is 6. The molecule has 1 saturated heterocycles. The van der Waals surface area contributed by atoms with Crippen molar-refractivity contribution in [2.24, 2.45) is 0 Å². The summed E-state index contributed by atoms with van der Waals surface area (Å²) in [6.45, 7) is 2.60. The standard InChI is InChI=1S/C26H32N4O5/c1-3-24(31)29-18-4-7-22-20(14-18)26(33)30(2)21-6-5-19(35-23(21)16-34-22)15-25(32)28-13-10-17-8-11-27-12-9-17/h4,7-9,11-12,14,19,21,23H,3,5-6,10,13,15-16H2,1-2H3,(H,28,32)(H,29,31)/t19-,21-,23+/m1/s1. The van der Waals surface area contributed by atoms with Crippen LogP contribution in [-0.2, 0) is 20.7 Å². The minimum atomic E-state index is -0.333. The number of pyridine rings is 1. The third-order valence-corrected chi connectivity index (χ3v) is 6.51. The molecule has 35 heavy (non-hydrogen) atoms. The van der Waals surface area contributed by atoms with E-state index in [1.807, 2.05) is 12.1 Å². The summed E-state index contributed by atoms with van der Waals surface area (Å²) in [7, 11) is 1.77. The molecule has 0 bridgehead atoms. The monoisotopic (exact) mass is 480 g/mol. The van der Waals surface area contributed by atoms with Gasteiger partial charge in [-0.3, -0.25) is 19.4 Å². The maximum Gasteiger partial charge on any atom is 0.257 e. The highest BCUT2D eigenvalue weighted by atomic mass is 16.5. The summed E-state index contributed by atoms with van der Waals surface area (Å²) in [6, 6.07) is 8.79. The zero-order chi connectivity index (χ0) is 24.8. The van der Waals surface area contributed by atoms with Crippen LogP contribution in [0.1, 0.15) is 48.5 Å². The number of fused-ring (bicyclic) bond motifs is 2. The number of nitrogens with zero attached hydrogens (tertiary/aromatic N) is 2. The lowest BCUT2D eigenvalue weighted by Crippen LogP contribution is -2.54. The van der Waals surface area contributed by atoms with Crippen molar-refractivity contribution in [1.82, 2.24) is 15.2 Å². The van der Waals surface area contributed by atoms with E-state index in [4.69, 9.17) is 9.47 Å². The SMILES string of the molecule is CCC(=O)Nc1ccc2c(c1)C(=O)N(C)[C@@H]1CC[C@H](CC(=O)NCCc3ccncc3)O[C@H]1CO2. The van der Waals surface area contributed by atoms with Crippen LogP contribution < -0.4 is 15.4 Å². The first-order valence-corrected chi connectivity index (χ1v) is 12.1. The van der Waals surface area contributed by atoms with Crippen molar-refractivity contribution in [2.75, 3.05) is 25.5 Å². The van der Waals surface area contributed by atoms with Crippen LogP contribution in [0.25, 0.3) is 0 Å². The molecule has 0 spiro atoms. The van der Waals surface area contributed by atoms with Crippen LogP contribution in [0.3, 0.4) is 0 Å². The molecular weight excluding hydrogens is 448 g/mol. The second-order valence-electron chi connectivity index (χ2n) is 8.94. The van der Waals surface area contributed by atoms with Crippen molar-refractivity contribution in [1.29, 1.82) is 0 Å². The largest absolute Gasteiger partial charge is 0.490 e. The molecule has 4 rings (SSSR count). The Labute approximate surface area is 205 Å². The first-order valence-electron chi connectivity index (χ1n) is 12.1. The Morgan fingerprint density at radius 2 is 1.94 bits per heavy atom. The fourth-order valence-electron chi connectivity index (χ4n) is 4.53. The lowest BCUT2D eigenvalue weighted by atomic mass is 9.94. The number of anilines is 1. The van der Waals surface area contributed by atoms with Gasteiger partial charge in [0.2, 0.25) is 11.8 Å². The number of ether oxygens (including phenoxy) is 2. The van der Waals surface area contributed by atoms with Crippen molar-refractivity contribution >= 4 is 23.4 Å². The van der Waals surface area contributed by atoms with Crippen LogP contribution in [0.15, 0.2) is 42.7 Å². The number of carbonyl (C=O) groups is 3. The van der Waals surface area contributed by atoms with Crippen molar-refractivity contribution < 1.29 is 23.9 Å². The number of hydrogen-bond donors (Lipinski definition) is 2. The van der Waals surface area contributed by atoms with E-state index in [2.05, 4.69) is 15.6 Å². The molecule has 9 nitrogen and oxygen atoms in total. The Hall–Kier alpha value is -3.46. The molecule has 1 aromatic carbocycles. The van der Waals surface area contributed by atoms with Gasteiger partial charge in [0, 0.05) is 38.1 Å². The van der Waals surface area contributed by atoms with Crippen molar-refractivity contribution in [3.63, 3.8) is 0 Å². The molecule has 0 saturated carbocycles. The summed E-state index contributed by atoms with van der Waals surface area (Å²) in [5, 5.41) is 5.75. The molecule has 3 heterocycles. The van der Waals surface area contributed by atoms with Gasteiger partial charge in [0.15, 0.2) is 0 Å². The van der Waals surface area contributed by atoms with Gasteiger partial charge in [-0.25, -0.2) is 0 Å². The van der Waals surface area contributed by atoms with Crippen LogP contribution >= 0.6 is 0 Å². The van der Waals surface area contributed by atoms with Crippen LogP contribution in [0.4, 0.5) is 5.69 Å². The van der Waals surface area contributed by atoms with Gasteiger partial charge in [-0.2, -0.15) is 0 Å². The Kier molecular flexibility index (Phi) is 7.97. The van der Waals surface area contributed by atoms with E-state index in [0.717, 1.165) is 12.0 Å². The van der Waals surface area contributed by atoms with E-state index in [-0.39, 0.29) is 49.0 Å². The summed E-state index contributed by atoms with van der Waals surface area (Å²) in [4.78, 5) is 43.2. The second-order valence-corrected chi connectivity index (χ2v) is 8.94. The van der Waals surface area contributed by atoms with E-state index in [9.17, 15) is 14.4 Å². The lowest BCUT2D eigenvalue weighted by molar-refractivity contribution is -0.134. The third kappa shape index (κ3) is 6.16. The van der Waals surface area contributed by atoms with Crippen LogP contribution in [0.5, 0.6) is 5.75 Å². The highest BCUT2D eigenvalue weighted by molar-refractivity contribution is 5.99. The zero-order valence-corrected chi connectivity index (χ0v) is 20.2. The number of rotatable bonds is 7. The quantitative estimate of drug-likeness (QED) is 0.630. The van der Waals surface area contributed by atoms with Gasteiger partial charge < -0.3 is 25.0 Å². The van der Waals surface area contributed by atoms with Gasteiger partial charge in [0.05, 0.1) is 24.1 Å². The van der Waals surface area contributed by atoms with Gasteiger partial charge in [0.25, 0.3) is 5.91 Å². The van der Waals surface area contributed by atoms with Gasteiger partial charge >= 0.3 is 0 Å². The van der Waals surface area contributed by atoms with Gasteiger partial charge in [-0.15, -0.1) is 0 Å². The van der Waals surface area contributed by atoms with Gasteiger partial charge in [-0.05, 0) is 55.2 Å². The molecule has 0 unspecified atom stereocenters. The first kappa shape index (κ1) is 24.7. The summed E-state index contributed by atoms with van der Waals surface area (Å²) >= 11 is 0. The van der Waals surface area contributed by atoms with E-state index in [1.54, 1.807) is 49.5 Å².